The molecule has 0 fully saturated rings. The molecule has 1 aromatic heterocycles. The van der Waals surface area contributed by atoms with E-state index in [1.54, 1.807) is 61.9 Å². The van der Waals surface area contributed by atoms with Crippen LogP contribution >= 0.6 is 11.6 Å². The standard InChI is InChI=1S/C27H29ClN2O5/c1-27(2,3)35-26(33)29-23(25(32)34-4)14-18-10-12-20(13-11-18)22-15-21(28)17-30(24(22)31)16-19-8-6-5-7-9-19/h5-13,15,17,23H,14,16H2,1-4H3,(H,29,33). The van der Waals surface area contributed by atoms with Crippen molar-refractivity contribution in [2.45, 2.75) is 45.4 Å². The van der Waals surface area contributed by atoms with Gasteiger partial charge in [-0.3, -0.25) is 4.79 Å². The minimum Gasteiger partial charge on any atom is -0.467 e. The predicted molar refractivity (Wildman–Crippen MR) is 136 cm³/mol. The summed E-state index contributed by atoms with van der Waals surface area (Å²) in [5.41, 5.74) is 2.06. The van der Waals surface area contributed by atoms with E-state index < -0.39 is 23.7 Å². The second-order valence-corrected chi connectivity index (χ2v) is 9.55. The number of nitrogens with zero attached hydrogens (tertiary/aromatic N) is 1. The van der Waals surface area contributed by atoms with Crippen LogP contribution in [0.1, 0.15) is 31.9 Å². The fourth-order valence-corrected chi connectivity index (χ4v) is 3.77. The fraction of sp³-hybridized carbons (Fsp3) is 0.296. The molecule has 35 heavy (non-hydrogen) atoms. The molecular formula is C27H29ClN2O5. The number of nitrogens with one attached hydrogen (secondary N) is 1. The molecule has 3 rings (SSSR count). The summed E-state index contributed by atoms with van der Waals surface area (Å²) in [5.74, 6) is -0.585. The van der Waals surface area contributed by atoms with Crippen LogP contribution < -0.4 is 10.9 Å². The van der Waals surface area contributed by atoms with Crippen LogP contribution in [0.5, 0.6) is 0 Å². The number of pyridine rings is 1. The van der Waals surface area contributed by atoms with Gasteiger partial charge < -0.3 is 19.4 Å². The first-order chi connectivity index (χ1) is 16.6. The number of benzene rings is 2. The third kappa shape index (κ3) is 7.45. The Morgan fingerprint density at radius 1 is 1.03 bits per heavy atom. The highest BCUT2D eigenvalue weighted by molar-refractivity contribution is 6.30. The third-order valence-electron chi connectivity index (χ3n) is 5.13. The molecule has 184 valence electrons. The van der Waals surface area contributed by atoms with Crippen LogP contribution in [0.15, 0.2) is 71.7 Å². The number of esters is 1. The monoisotopic (exact) mass is 496 g/mol. The van der Waals surface area contributed by atoms with E-state index in [1.165, 1.54) is 7.11 Å². The number of amides is 1. The summed E-state index contributed by atoms with van der Waals surface area (Å²) in [6.07, 6.45) is 1.11. The molecule has 8 heteroatoms. The number of aromatic nitrogens is 1. The van der Waals surface area contributed by atoms with Crippen molar-refractivity contribution in [3.05, 3.63) is 93.4 Å². The van der Waals surface area contributed by atoms with E-state index in [0.717, 1.165) is 11.1 Å². The SMILES string of the molecule is COC(=O)C(Cc1ccc(-c2cc(Cl)cn(Cc3ccccc3)c2=O)cc1)NC(=O)OC(C)(C)C. The van der Waals surface area contributed by atoms with E-state index in [0.29, 0.717) is 22.7 Å². The summed E-state index contributed by atoms with van der Waals surface area (Å²) in [4.78, 5) is 37.5. The van der Waals surface area contributed by atoms with Crippen molar-refractivity contribution >= 4 is 23.7 Å². The molecule has 0 saturated carbocycles. The van der Waals surface area contributed by atoms with Gasteiger partial charge in [-0.15, -0.1) is 0 Å². The molecular weight excluding hydrogens is 468 g/mol. The van der Waals surface area contributed by atoms with Gasteiger partial charge in [-0.2, -0.15) is 0 Å². The number of hydrogen-bond acceptors (Lipinski definition) is 5. The lowest BCUT2D eigenvalue weighted by molar-refractivity contribution is -0.143. The number of rotatable bonds is 7. The van der Waals surface area contributed by atoms with Gasteiger partial charge in [0.1, 0.15) is 11.6 Å². The Bertz CT molecular complexity index is 1230. The molecule has 0 aliphatic carbocycles. The molecule has 7 nitrogen and oxygen atoms in total. The summed E-state index contributed by atoms with van der Waals surface area (Å²) >= 11 is 6.32. The van der Waals surface area contributed by atoms with Gasteiger partial charge in [0.25, 0.3) is 5.56 Å². The lowest BCUT2D eigenvalue weighted by atomic mass is 10.0. The van der Waals surface area contributed by atoms with Crippen molar-refractivity contribution in [2.75, 3.05) is 7.11 Å². The Balaban J connectivity index is 1.80. The van der Waals surface area contributed by atoms with E-state index >= 15 is 0 Å². The molecule has 0 saturated heterocycles. The smallest absolute Gasteiger partial charge is 0.408 e. The van der Waals surface area contributed by atoms with Crippen LogP contribution in [0.25, 0.3) is 11.1 Å². The van der Waals surface area contributed by atoms with Crippen LogP contribution in [0.2, 0.25) is 5.02 Å². The van der Waals surface area contributed by atoms with Crippen molar-refractivity contribution in [1.82, 2.24) is 9.88 Å². The van der Waals surface area contributed by atoms with Crippen molar-refractivity contribution in [1.29, 1.82) is 0 Å². The number of carbonyl (C=O) groups is 2. The van der Waals surface area contributed by atoms with Crippen molar-refractivity contribution in [3.63, 3.8) is 0 Å². The first kappa shape index (κ1) is 26.0. The molecule has 2 aromatic carbocycles. The number of halogens is 1. The first-order valence-electron chi connectivity index (χ1n) is 11.2. The topological polar surface area (TPSA) is 86.6 Å². The maximum atomic E-state index is 13.1. The normalized spacial score (nSPS) is 12.0. The zero-order chi connectivity index (χ0) is 25.6. The highest BCUT2D eigenvalue weighted by Gasteiger charge is 2.25. The number of hydrogen-bond donors (Lipinski definition) is 1. The summed E-state index contributed by atoms with van der Waals surface area (Å²) in [6, 6.07) is 17.5. The van der Waals surface area contributed by atoms with Gasteiger partial charge in [-0.1, -0.05) is 66.2 Å². The quantitative estimate of drug-likeness (QED) is 0.474. The highest BCUT2D eigenvalue weighted by Crippen LogP contribution is 2.21. The van der Waals surface area contributed by atoms with E-state index in [4.69, 9.17) is 21.1 Å². The summed E-state index contributed by atoms with van der Waals surface area (Å²) in [5, 5.41) is 3.01. The molecule has 0 spiro atoms. The third-order valence-corrected chi connectivity index (χ3v) is 5.34. The minimum absolute atomic E-state index is 0.162. The Hall–Kier alpha value is -3.58. The zero-order valence-electron chi connectivity index (χ0n) is 20.2. The van der Waals surface area contributed by atoms with Gasteiger partial charge in [0, 0.05) is 18.2 Å². The number of methoxy groups -OCH3 is 1. The van der Waals surface area contributed by atoms with Gasteiger partial charge in [-0.25, -0.2) is 9.59 Å². The largest absolute Gasteiger partial charge is 0.467 e. The first-order valence-corrected chi connectivity index (χ1v) is 11.5. The second-order valence-electron chi connectivity index (χ2n) is 9.11. The van der Waals surface area contributed by atoms with Crippen molar-refractivity contribution in [3.8, 4) is 11.1 Å². The molecule has 1 N–H and O–H groups in total. The molecule has 1 heterocycles. The van der Waals surface area contributed by atoms with Crippen LogP contribution in [0.3, 0.4) is 0 Å². The molecule has 0 aliphatic heterocycles. The summed E-state index contributed by atoms with van der Waals surface area (Å²) in [7, 11) is 1.26. The van der Waals surface area contributed by atoms with Gasteiger partial charge in [0.2, 0.25) is 0 Å². The van der Waals surface area contributed by atoms with Gasteiger partial charge in [-0.05, 0) is 43.5 Å². The van der Waals surface area contributed by atoms with E-state index in [1.807, 2.05) is 30.3 Å². The minimum atomic E-state index is -0.921. The van der Waals surface area contributed by atoms with E-state index in [-0.39, 0.29) is 12.0 Å². The maximum Gasteiger partial charge on any atom is 0.408 e. The lowest BCUT2D eigenvalue weighted by Gasteiger charge is -2.22. The van der Waals surface area contributed by atoms with Gasteiger partial charge in [0.15, 0.2) is 0 Å². The number of alkyl carbamates (subject to hydrolysis) is 1. The average molecular weight is 497 g/mol. The Morgan fingerprint density at radius 2 is 1.69 bits per heavy atom. The zero-order valence-corrected chi connectivity index (χ0v) is 21.0. The van der Waals surface area contributed by atoms with Crippen LogP contribution in [0.4, 0.5) is 4.79 Å². The van der Waals surface area contributed by atoms with Crippen LogP contribution in [0, 0.1) is 0 Å². The predicted octanol–water partition coefficient (Wildman–Crippen LogP) is 4.83. The molecule has 3 aromatic rings. The molecule has 1 atom stereocenters. The second kappa shape index (κ2) is 11.2. The van der Waals surface area contributed by atoms with Crippen LogP contribution in [-0.4, -0.2) is 35.4 Å². The Morgan fingerprint density at radius 3 is 2.29 bits per heavy atom. The summed E-state index contributed by atoms with van der Waals surface area (Å²) in [6.45, 7) is 5.62. The van der Waals surface area contributed by atoms with Gasteiger partial charge >= 0.3 is 12.1 Å². The molecule has 1 unspecified atom stereocenters. The fourth-order valence-electron chi connectivity index (χ4n) is 3.54. The average Bonchev–Trinajstić information content (AvgIpc) is 2.80. The van der Waals surface area contributed by atoms with Crippen LogP contribution in [-0.2, 0) is 27.2 Å². The van der Waals surface area contributed by atoms with E-state index in [9.17, 15) is 14.4 Å². The number of carbonyl (C=O) groups excluding carboxylic acids is 2. The van der Waals surface area contributed by atoms with Crippen molar-refractivity contribution < 1.29 is 19.1 Å². The lowest BCUT2D eigenvalue weighted by Crippen LogP contribution is -2.45. The maximum absolute atomic E-state index is 13.1. The van der Waals surface area contributed by atoms with Gasteiger partial charge in [0.05, 0.1) is 18.7 Å². The number of ether oxygens (including phenoxy) is 2. The molecule has 0 bridgehead atoms. The van der Waals surface area contributed by atoms with Crippen molar-refractivity contribution in [2.24, 2.45) is 0 Å². The molecule has 0 aliphatic rings. The Kier molecular flexibility index (Phi) is 8.35. The Labute approximate surface area is 209 Å². The highest BCUT2D eigenvalue weighted by atomic mass is 35.5. The molecule has 0 radical (unpaired) electrons. The van der Waals surface area contributed by atoms with E-state index in [2.05, 4.69) is 5.32 Å². The summed E-state index contributed by atoms with van der Waals surface area (Å²) < 4.78 is 11.7. The molecule has 1 amide bonds.